The van der Waals surface area contributed by atoms with Crippen LogP contribution in [0, 0.1) is 6.92 Å². The molecule has 5 heteroatoms. The number of fused-ring (bicyclic) bond motifs is 1. The monoisotopic (exact) mass is 356 g/mol. The maximum atomic E-state index is 6.20. The lowest BCUT2D eigenvalue weighted by atomic mass is 10.2. The lowest BCUT2D eigenvalue weighted by Crippen LogP contribution is -2.18. The Morgan fingerprint density at radius 2 is 2.20 bits per heavy atom. The van der Waals surface area contributed by atoms with Crippen molar-refractivity contribution in [2.45, 2.75) is 39.0 Å². The number of aromatic nitrogens is 2. The van der Waals surface area contributed by atoms with E-state index in [9.17, 15) is 0 Å². The molecular weight excluding hydrogens is 336 g/mol. The molecule has 0 bridgehead atoms. The second-order valence-corrected chi connectivity index (χ2v) is 6.95. The number of hydrogen-bond donors (Lipinski definition) is 0. The number of rotatable bonds is 5. The van der Waals surface area contributed by atoms with Gasteiger partial charge in [-0.15, -0.1) is 0 Å². The minimum absolute atomic E-state index is 0.231. The zero-order valence-electron chi connectivity index (χ0n) is 14.2. The topological polar surface area (TPSA) is 36.3 Å². The largest absolute Gasteiger partial charge is 0.486 e. The average Bonchev–Trinajstić information content (AvgIpc) is 3.22. The Hall–Kier alpha value is -2.04. The van der Waals surface area contributed by atoms with Crippen LogP contribution in [0.2, 0.25) is 5.02 Å². The Bertz CT molecular complexity index is 885. The van der Waals surface area contributed by atoms with Crippen molar-refractivity contribution in [3.8, 4) is 5.75 Å². The Balaban J connectivity index is 1.64. The minimum Gasteiger partial charge on any atom is -0.486 e. The van der Waals surface area contributed by atoms with E-state index in [1.54, 1.807) is 0 Å². The molecule has 4 nitrogen and oxygen atoms in total. The van der Waals surface area contributed by atoms with Crippen molar-refractivity contribution in [2.75, 3.05) is 6.61 Å². The molecule has 2 aromatic carbocycles. The molecule has 1 atom stereocenters. The summed E-state index contributed by atoms with van der Waals surface area (Å²) in [6.07, 6.45) is 2.43. The van der Waals surface area contributed by atoms with Crippen LogP contribution in [0.4, 0.5) is 0 Å². The molecule has 0 saturated carbocycles. The third-order valence-corrected chi connectivity index (χ3v) is 4.79. The molecule has 1 saturated heterocycles. The first-order valence-corrected chi connectivity index (χ1v) is 9.02. The summed E-state index contributed by atoms with van der Waals surface area (Å²) in [5.41, 5.74) is 3.15. The summed E-state index contributed by atoms with van der Waals surface area (Å²) in [6.45, 7) is 4.10. The van der Waals surface area contributed by atoms with E-state index >= 15 is 0 Å². The Kier molecular flexibility index (Phi) is 4.64. The second-order valence-electron chi connectivity index (χ2n) is 6.51. The number of nitrogens with zero attached hydrogens (tertiary/aromatic N) is 2. The summed E-state index contributed by atoms with van der Waals surface area (Å²) in [7, 11) is 0. The van der Waals surface area contributed by atoms with Gasteiger partial charge in [-0.1, -0.05) is 23.7 Å². The van der Waals surface area contributed by atoms with E-state index in [1.165, 1.54) is 5.56 Å². The van der Waals surface area contributed by atoms with Crippen molar-refractivity contribution in [1.82, 2.24) is 9.55 Å². The van der Waals surface area contributed by atoms with E-state index in [4.69, 9.17) is 26.1 Å². The number of aryl methyl sites for hydroxylation is 1. The van der Waals surface area contributed by atoms with E-state index < -0.39 is 0 Å². The molecule has 2 heterocycles. The van der Waals surface area contributed by atoms with Crippen LogP contribution >= 0.6 is 11.6 Å². The SMILES string of the molecule is Cc1cccc(OCc2nc3ccc(Cl)cc3n2CC2CCCO2)c1. The molecular formula is C20H21ClN2O2. The number of ether oxygens (including phenoxy) is 2. The van der Waals surface area contributed by atoms with Crippen molar-refractivity contribution < 1.29 is 9.47 Å². The van der Waals surface area contributed by atoms with E-state index in [0.717, 1.165) is 48.6 Å². The average molecular weight is 357 g/mol. The summed E-state index contributed by atoms with van der Waals surface area (Å²) in [5.74, 6) is 1.75. The zero-order chi connectivity index (χ0) is 17.2. The Morgan fingerprint density at radius 3 is 3.00 bits per heavy atom. The van der Waals surface area contributed by atoms with Gasteiger partial charge in [-0.3, -0.25) is 0 Å². The molecule has 4 rings (SSSR count). The van der Waals surface area contributed by atoms with Gasteiger partial charge in [0.2, 0.25) is 0 Å². The third-order valence-electron chi connectivity index (χ3n) is 4.56. The van der Waals surface area contributed by atoms with Crippen molar-refractivity contribution in [1.29, 1.82) is 0 Å². The summed E-state index contributed by atoms with van der Waals surface area (Å²) in [4.78, 5) is 4.76. The van der Waals surface area contributed by atoms with Gasteiger partial charge in [0.15, 0.2) is 0 Å². The molecule has 0 aliphatic carbocycles. The fourth-order valence-electron chi connectivity index (χ4n) is 3.30. The van der Waals surface area contributed by atoms with Crippen molar-refractivity contribution in [3.63, 3.8) is 0 Å². The van der Waals surface area contributed by atoms with Crippen LogP contribution in [0.3, 0.4) is 0 Å². The van der Waals surface area contributed by atoms with Gasteiger partial charge < -0.3 is 14.0 Å². The molecule has 0 radical (unpaired) electrons. The fourth-order valence-corrected chi connectivity index (χ4v) is 3.47. The van der Waals surface area contributed by atoms with Gasteiger partial charge in [0.25, 0.3) is 0 Å². The standard InChI is InChI=1S/C20H21ClN2O2/c1-14-4-2-5-16(10-14)25-13-20-22-18-8-7-15(21)11-19(18)23(20)12-17-6-3-9-24-17/h2,4-5,7-8,10-11,17H,3,6,9,12-13H2,1H3. The van der Waals surface area contributed by atoms with Gasteiger partial charge in [0, 0.05) is 11.6 Å². The highest BCUT2D eigenvalue weighted by molar-refractivity contribution is 6.31. The van der Waals surface area contributed by atoms with E-state index in [0.29, 0.717) is 11.6 Å². The highest BCUT2D eigenvalue weighted by atomic mass is 35.5. The summed E-state index contributed by atoms with van der Waals surface area (Å²) >= 11 is 6.20. The number of hydrogen-bond acceptors (Lipinski definition) is 3. The quantitative estimate of drug-likeness (QED) is 0.661. The van der Waals surface area contributed by atoms with Gasteiger partial charge in [-0.05, 0) is 55.7 Å². The second kappa shape index (κ2) is 7.06. The van der Waals surface area contributed by atoms with Crippen LogP contribution in [0.5, 0.6) is 5.75 Å². The first-order chi connectivity index (χ1) is 12.2. The maximum absolute atomic E-state index is 6.20. The Morgan fingerprint density at radius 1 is 1.28 bits per heavy atom. The molecule has 1 aromatic heterocycles. The van der Waals surface area contributed by atoms with Crippen LogP contribution in [0.15, 0.2) is 42.5 Å². The third kappa shape index (κ3) is 3.65. The summed E-state index contributed by atoms with van der Waals surface area (Å²) in [6, 6.07) is 13.9. The van der Waals surface area contributed by atoms with E-state index in [1.807, 2.05) is 36.4 Å². The van der Waals surface area contributed by atoms with Crippen LogP contribution in [0.1, 0.15) is 24.2 Å². The first kappa shape index (κ1) is 16.4. The molecule has 25 heavy (non-hydrogen) atoms. The minimum atomic E-state index is 0.231. The molecule has 1 aliphatic heterocycles. The van der Waals surface area contributed by atoms with Crippen molar-refractivity contribution in [2.24, 2.45) is 0 Å². The lowest BCUT2D eigenvalue weighted by molar-refractivity contribution is 0.0963. The number of imidazole rings is 1. The lowest BCUT2D eigenvalue weighted by Gasteiger charge is -2.15. The smallest absolute Gasteiger partial charge is 0.148 e. The summed E-state index contributed by atoms with van der Waals surface area (Å²) in [5, 5.41) is 0.715. The number of halogens is 1. The molecule has 0 amide bonds. The van der Waals surface area contributed by atoms with Crippen molar-refractivity contribution >= 4 is 22.6 Å². The zero-order valence-corrected chi connectivity index (χ0v) is 15.0. The predicted octanol–water partition coefficient (Wildman–Crippen LogP) is 4.76. The van der Waals surface area contributed by atoms with Gasteiger partial charge in [-0.25, -0.2) is 4.98 Å². The molecule has 130 valence electrons. The van der Waals surface area contributed by atoms with E-state index in [-0.39, 0.29) is 6.10 Å². The molecule has 0 N–H and O–H groups in total. The van der Waals surface area contributed by atoms with Gasteiger partial charge in [0.1, 0.15) is 18.2 Å². The van der Waals surface area contributed by atoms with Crippen LogP contribution < -0.4 is 4.74 Å². The van der Waals surface area contributed by atoms with Crippen LogP contribution in [-0.4, -0.2) is 22.3 Å². The Labute approximate surface area is 152 Å². The molecule has 1 unspecified atom stereocenters. The normalized spacial score (nSPS) is 17.3. The molecule has 1 fully saturated rings. The van der Waals surface area contributed by atoms with Gasteiger partial charge in [0.05, 0.1) is 23.7 Å². The summed E-state index contributed by atoms with van der Waals surface area (Å²) < 4.78 is 14.0. The first-order valence-electron chi connectivity index (χ1n) is 8.65. The maximum Gasteiger partial charge on any atom is 0.148 e. The van der Waals surface area contributed by atoms with Crippen LogP contribution in [-0.2, 0) is 17.9 Å². The van der Waals surface area contributed by atoms with Crippen LogP contribution in [0.25, 0.3) is 11.0 Å². The van der Waals surface area contributed by atoms with Crippen molar-refractivity contribution in [3.05, 3.63) is 58.9 Å². The molecule has 1 aliphatic rings. The highest BCUT2D eigenvalue weighted by Crippen LogP contribution is 2.24. The highest BCUT2D eigenvalue weighted by Gasteiger charge is 2.20. The fraction of sp³-hybridized carbons (Fsp3) is 0.350. The van der Waals surface area contributed by atoms with E-state index in [2.05, 4.69) is 17.6 Å². The number of benzene rings is 2. The predicted molar refractivity (Wildman–Crippen MR) is 99.2 cm³/mol. The van der Waals surface area contributed by atoms with Gasteiger partial charge in [-0.2, -0.15) is 0 Å². The molecule has 0 spiro atoms. The molecule has 3 aromatic rings. The van der Waals surface area contributed by atoms with Gasteiger partial charge >= 0.3 is 0 Å².